The van der Waals surface area contributed by atoms with Gasteiger partial charge >= 0.3 is 0 Å². The van der Waals surface area contributed by atoms with Gasteiger partial charge in [-0.25, -0.2) is 0 Å². The predicted molar refractivity (Wildman–Crippen MR) is 71.6 cm³/mol. The summed E-state index contributed by atoms with van der Waals surface area (Å²) in [6.45, 7) is 7.79. The maximum atomic E-state index is 6.11. The molecule has 2 heteroatoms. The second-order valence-corrected chi connectivity index (χ2v) is 5.71. The molecule has 16 heavy (non-hydrogen) atoms. The lowest BCUT2D eigenvalue weighted by molar-refractivity contribution is 0.0242. The molecule has 2 nitrogen and oxygen atoms in total. The first-order valence-corrected chi connectivity index (χ1v) is 7.02. The molecular formula is C14H30N2. The minimum atomic E-state index is 0.286. The van der Waals surface area contributed by atoms with E-state index in [1.165, 1.54) is 38.5 Å². The van der Waals surface area contributed by atoms with Gasteiger partial charge in [-0.05, 0) is 38.6 Å². The zero-order valence-corrected chi connectivity index (χ0v) is 11.6. The largest absolute Gasteiger partial charge is 0.329 e. The molecule has 2 atom stereocenters. The van der Waals surface area contributed by atoms with Crippen molar-refractivity contribution in [1.29, 1.82) is 0 Å². The summed E-state index contributed by atoms with van der Waals surface area (Å²) in [5.74, 6) is 0.842. The van der Waals surface area contributed by atoms with Crippen molar-refractivity contribution in [3.05, 3.63) is 0 Å². The van der Waals surface area contributed by atoms with Crippen LogP contribution < -0.4 is 5.73 Å². The van der Waals surface area contributed by atoms with E-state index >= 15 is 0 Å². The smallest absolute Gasteiger partial charge is 0.0334 e. The van der Waals surface area contributed by atoms with Crippen LogP contribution in [-0.4, -0.2) is 30.1 Å². The molecule has 1 rings (SSSR count). The van der Waals surface area contributed by atoms with Gasteiger partial charge in [-0.2, -0.15) is 0 Å². The molecule has 0 bridgehead atoms. The first kappa shape index (κ1) is 14.0. The minimum Gasteiger partial charge on any atom is -0.329 e. The van der Waals surface area contributed by atoms with Gasteiger partial charge in [0.05, 0.1) is 0 Å². The zero-order chi connectivity index (χ0) is 12.2. The van der Waals surface area contributed by atoms with Gasteiger partial charge in [-0.1, -0.05) is 33.6 Å². The Balaban J connectivity index is 2.77. The van der Waals surface area contributed by atoms with Crippen molar-refractivity contribution in [1.82, 2.24) is 4.90 Å². The van der Waals surface area contributed by atoms with Gasteiger partial charge in [0.15, 0.2) is 0 Å². The number of likely N-dealkylation sites (N-methyl/N-ethyl adjacent to an activating group) is 1. The first-order chi connectivity index (χ1) is 7.59. The average Bonchev–Trinajstić information content (AvgIpc) is 2.30. The molecule has 0 saturated heterocycles. The molecule has 0 aromatic carbocycles. The quantitative estimate of drug-likeness (QED) is 0.781. The lowest BCUT2D eigenvalue weighted by Gasteiger charge is -2.49. The monoisotopic (exact) mass is 226 g/mol. The van der Waals surface area contributed by atoms with Crippen LogP contribution in [-0.2, 0) is 0 Å². The lowest BCUT2D eigenvalue weighted by atomic mass is 9.74. The maximum Gasteiger partial charge on any atom is 0.0334 e. The topological polar surface area (TPSA) is 29.3 Å². The van der Waals surface area contributed by atoms with Gasteiger partial charge in [-0.15, -0.1) is 0 Å². The Morgan fingerprint density at radius 3 is 2.44 bits per heavy atom. The van der Waals surface area contributed by atoms with Crippen molar-refractivity contribution in [2.45, 2.75) is 70.9 Å². The Bertz CT molecular complexity index is 201. The van der Waals surface area contributed by atoms with Crippen molar-refractivity contribution in [3.63, 3.8) is 0 Å². The van der Waals surface area contributed by atoms with Crippen molar-refractivity contribution in [2.24, 2.45) is 11.7 Å². The molecule has 1 fully saturated rings. The summed E-state index contributed by atoms with van der Waals surface area (Å²) in [4.78, 5) is 2.60. The molecule has 2 unspecified atom stereocenters. The fourth-order valence-corrected chi connectivity index (χ4v) is 3.51. The van der Waals surface area contributed by atoms with E-state index in [0.717, 1.165) is 12.5 Å². The third-order valence-electron chi connectivity index (χ3n) is 4.69. The number of hydrogen-bond acceptors (Lipinski definition) is 2. The summed E-state index contributed by atoms with van der Waals surface area (Å²) in [5.41, 5.74) is 6.39. The molecule has 1 aliphatic carbocycles. The van der Waals surface area contributed by atoms with Crippen molar-refractivity contribution in [2.75, 3.05) is 13.6 Å². The second-order valence-electron chi connectivity index (χ2n) is 5.71. The number of nitrogens with zero attached hydrogens (tertiary/aromatic N) is 1. The summed E-state index contributed by atoms with van der Waals surface area (Å²) >= 11 is 0. The van der Waals surface area contributed by atoms with Crippen LogP contribution in [0.1, 0.15) is 59.3 Å². The Hall–Kier alpha value is -0.0800. The summed E-state index contributed by atoms with van der Waals surface area (Å²) in [7, 11) is 2.29. The molecule has 0 aliphatic heterocycles. The highest BCUT2D eigenvalue weighted by Gasteiger charge is 2.39. The number of rotatable bonds is 5. The van der Waals surface area contributed by atoms with E-state index in [4.69, 9.17) is 5.73 Å². The number of hydrogen-bond donors (Lipinski definition) is 1. The highest BCUT2D eigenvalue weighted by molar-refractivity contribution is 4.96. The van der Waals surface area contributed by atoms with Gasteiger partial charge in [-0.3, -0.25) is 4.90 Å². The number of nitrogens with two attached hydrogens (primary N) is 1. The molecule has 1 saturated carbocycles. The van der Waals surface area contributed by atoms with Crippen LogP contribution in [0.15, 0.2) is 0 Å². The highest BCUT2D eigenvalue weighted by Crippen LogP contribution is 2.37. The lowest BCUT2D eigenvalue weighted by Crippen LogP contribution is -2.57. The van der Waals surface area contributed by atoms with E-state index in [1.54, 1.807) is 0 Å². The van der Waals surface area contributed by atoms with Crippen LogP contribution in [0.5, 0.6) is 0 Å². The van der Waals surface area contributed by atoms with Gasteiger partial charge in [0.25, 0.3) is 0 Å². The van der Waals surface area contributed by atoms with Gasteiger partial charge < -0.3 is 5.73 Å². The molecule has 96 valence electrons. The van der Waals surface area contributed by atoms with Crippen molar-refractivity contribution < 1.29 is 0 Å². The normalized spacial score (nSPS) is 31.3. The van der Waals surface area contributed by atoms with Gasteiger partial charge in [0, 0.05) is 18.1 Å². The summed E-state index contributed by atoms with van der Waals surface area (Å²) in [5, 5.41) is 0. The third-order valence-corrected chi connectivity index (χ3v) is 4.69. The fraction of sp³-hybridized carbons (Fsp3) is 1.00. The second kappa shape index (κ2) is 6.02. The summed E-state index contributed by atoms with van der Waals surface area (Å²) in [6, 6.07) is 0.703. The van der Waals surface area contributed by atoms with Crippen LogP contribution in [0.2, 0.25) is 0 Å². The van der Waals surface area contributed by atoms with Crippen LogP contribution in [0, 0.1) is 5.92 Å². The Labute approximate surface area is 102 Å². The summed E-state index contributed by atoms with van der Waals surface area (Å²) in [6.07, 6.45) is 7.80. The van der Waals surface area contributed by atoms with Crippen molar-refractivity contribution in [3.8, 4) is 0 Å². The van der Waals surface area contributed by atoms with E-state index in [1.807, 2.05) is 0 Å². The SMILES string of the molecule is CCC(CC)N(C)C1(CN)CCCC(C)C1. The zero-order valence-electron chi connectivity index (χ0n) is 11.6. The first-order valence-electron chi connectivity index (χ1n) is 7.02. The Morgan fingerprint density at radius 2 is 2.00 bits per heavy atom. The van der Waals surface area contributed by atoms with Crippen LogP contribution >= 0.6 is 0 Å². The van der Waals surface area contributed by atoms with Gasteiger partial charge in [0.2, 0.25) is 0 Å². The molecule has 0 aromatic heterocycles. The molecular weight excluding hydrogens is 196 g/mol. The summed E-state index contributed by atoms with van der Waals surface area (Å²) < 4.78 is 0. The molecule has 0 radical (unpaired) electrons. The standard InChI is InChI=1S/C14H30N2/c1-5-13(6-2)16(4)14(11-15)9-7-8-12(3)10-14/h12-13H,5-11,15H2,1-4H3. The van der Waals surface area contributed by atoms with E-state index in [9.17, 15) is 0 Å². The molecule has 0 spiro atoms. The molecule has 0 heterocycles. The van der Waals surface area contributed by atoms with Crippen molar-refractivity contribution >= 4 is 0 Å². The molecule has 0 aromatic rings. The van der Waals surface area contributed by atoms with E-state index in [0.29, 0.717) is 6.04 Å². The Kier molecular flexibility index (Phi) is 5.26. The molecule has 1 aliphatic rings. The van der Waals surface area contributed by atoms with Crippen LogP contribution in [0.4, 0.5) is 0 Å². The van der Waals surface area contributed by atoms with E-state index in [2.05, 4.69) is 32.7 Å². The van der Waals surface area contributed by atoms with E-state index < -0.39 is 0 Å². The minimum absolute atomic E-state index is 0.286. The maximum absolute atomic E-state index is 6.11. The van der Waals surface area contributed by atoms with Crippen LogP contribution in [0.3, 0.4) is 0 Å². The van der Waals surface area contributed by atoms with Gasteiger partial charge in [0.1, 0.15) is 0 Å². The van der Waals surface area contributed by atoms with Crippen LogP contribution in [0.25, 0.3) is 0 Å². The third kappa shape index (κ3) is 2.78. The predicted octanol–water partition coefficient (Wildman–Crippen LogP) is 3.01. The molecule has 0 amide bonds. The fourth-order valence-electron chi connectivity index (χ4n) is 3.51. The van der Waals surface area contributed by atoms with E-state index in [-0.39, 0.29) is 5.54 Å². The highest BCUT2D eigenvalue weighted by atomic mass is 15.2. The average molecular weight is 226 g/mol. The molecule has 2 N–H and O–H groups in total. The Morgan fingerprint density at radius 1 is 1.38 bits per heavy atom.